The second-order valence-corrected chi connectivity index (χ2v) is 5.75. The van der Waals surface area contributed by atoms with Crippen molar-refractivity contribution in [2.45, 2.75) is 59.8 Å². The fourth-order valence-electron chi connectivity index (χ4n) is 2.21. The minimum Gasteiger partial charge on any atom is -0.0856 e. The highest BCUT2D eigenvalue weighted by Gasteiger charge is 1.94. The third kappa shape index (κ3) is 7.66. The summed E-state index contributed by atoms with van der Waals surface area (Å²) in [7, 11) is 0. The lowest BCUT2D eigenvalue weighted by Crippen LogP contribution is -1.86. The van der Waals surface area contributed by atoms with Crippen molar-refractivity contribution >= 4 is 0 Å². The van der Waals surface area contributed by atoms with Gasteiger partial charge in [-0.25, -0.2) is 0 Å². The van der Waals surface area contributed by atoms with Crippen molar-refractivity contribution in [1.82, 2.24) is 0 Å². The van der Waals surface area contributed by atoms with Crippen LogP contribution in [0.4, 0.5) is 0 Å². The lowest BCUT2D eigenvalue weighted by Gasteiger charge is -2.02. The van der Waals surface area contributed by atoms with Crippen molar-refractivity contribution in [2.24, 2.45) is 0 Å². The van der Waals surface area contributed by atoms with Gasteiger partial charge < -0.3 is 0 Å². The molecule has 0 spiro atoms. The molecule has 0 heteroatoms. The van der Waals surface area contributed by atoms with E-state index in [2.05, 4.69) is 64.1 Å². The van der Waals surface area contributed by atoms with E-state index in [9.17, 15) is 0 Å². The van der Waals surface area contributed by atoms with Crippen LogP contribution in [-0.4, -0.2) is 0 Å². The second-order valence-electron chi connectivity index (χ2n) is 5.75. The second kappa shape index (κ2) is 8.74. The van der Waals surface area contributed by atoms with Crippen LogP contribution in [0.1, 0.15) is 57.6 Å². The van der Waals surface area contributed by atoms with Crippen LogP contribution < -0.4 is 0 Å². The summed E-state index contributed by atoms with van der Waals surface area (Å²) < 4.78 is 0. The molecule has 1 aromatic rings. The van der Waals surface area contributed by atoms with E-state index in [-0.39, 0.29) is 0 Å². The van der Waals surface area contributed by atoms with Crippen molar-refractivity contribution in [2.75, 3.05) is 0 Å². The minimum atomic E-state index is 1.18. The van der Waals surface area contributed by atoms with Gasteiger partial charge in [-0.05, 0) is 65.4 Å². The summed E-state index contributed by atoms with van der Waals surface area (Å²) in [6.07, 6.45) is 10.8. The van der Waals surface area contributed by atoms with Gasteiger partial charge in [0.05, 0.1) is 0 Å². The van der Waals surface area contributed by atoms with Crippen molar-refractivity contribution in [3.63, 3.8) is 0 Å². The molecule has 0 aliphatic heterocycles. The van der Waals surface area contributed by atoms with Crippen LogP contribution in [0.25, 0.3) is 0 Å². The molecule has 104 valence electrons. The first-order chi connectivity index (χ1) is 9.08. The summed E-state index contributed by atoms with van der Waals surface area (Å²) in [5.74, 6) is 0. The lowest BCUT2D eigenvalue weighted by atomic mass is 10.0. The van der Waals surface area contributed by atoms with Gasteiger partial charge in [-0.3, -0.25) is 0 Å². The van der Waals surface area contributed by atoms with E-state index in [0.29, 0.717) is 0 Å². The maximum absolute atomic E-state index is 2.41. The molecule has 0 unspecified atom stereocenters. The van der Waals surface area contributed by atoms with E-state index < -0.39 is 0 Å². The monoisotopic (exact) mass is 256 g/mol. The van der Waals surface area contributed by atoms with Crippen LogP contribution in [-0.2, 0) is 6.42 Å². The molecule has 1 rings (SSSR count). The molecule has 0 aliphatic rings. The van der Waals surface area contributed by atoms with E-state index in [1.54, 1.807) is 0 Å². The summed E-state index contributed by atoms with van der Waals surface area (Å²) in [5, 5.41) is 0. The predicted molar refractivity (Wildman–Crippen MR) is 86.5 cm³/mol. The molecule has 0 aromatic heterocycles. The van der Waals surface area contributed by atoms with Crippen LogP contribution in [0.15, 0.2) is 47.6 Å². The van der Waals surface area contributed by atoms with Gasteiger partial charge >= 0.3 is 0 Å². The maximum atomic E-state index is 2.41. The maximum Gasteiger partial charge on any atom is -0.0276 e. The molecule has 0 saturated carbocycles. The molecule has 0 amide bonds. The summed E-state index contributed by atoms with van der Waals surface area (Å²) in [5.41, 5.74) is 5.79. The number of hydrogen-bond donors (Lipinski definition) is 0. The smallest absolute Gasteiger partial charge is 0.0276 e. The van der Waals surface area contributed by atoms with Crippen molar-refractivity contribution in [3.8, 4) is 0 Å². The van der Waals surface area contributed by atoms with Gasteiger partial charge in [0.15, 0.2) is 0 Å². The molecule has 0 saturated heterocycles. The highest BCUT2D eigenvalue weighted by Crippen LogP contribution is 2.11. The van der Waals surface area contributed by atoms with Crippen molar-refractivity contribution < 1.29 is 0 Å². The first-order valence-electron chi connectivity index (χ1n) is 7.42. The quantitative estimate of drug-likeness (QED) is 0.414. The molecule has 0 bridgehead atoms. The zero-order valence-corrected chi connectivity index (χ0v) is 13.0. The topological polar surface area (TPSA) is 0 Å². The summed E-state index contributed by atoms with van der Waals surface area (Å²) in [6, 6.07) is 8.85. The minimum absolute atomic E-state index is 1.18. The lowest BCUT2D eigenvalue weighted by molar-refractivity contribution is 0.828. The molecule has 0 atom stereocenters. The van der Waals surface area contributed by atoms with Crippen LogP contribution >= 0.6 is 0 Å². The Balaban J connectivity index is 2.24. The Morgan fingerprint density at radius 1 is 1.05 bits per heavy atom. The Morgan fingerprint density at radius 3 is 2.53 bits per heavy atom. The van der Waals surface area contributed by atoms with E-state index in [1.165, 1.54) is 54.4 Å². The molecule has 0 radical (unpaired) electrons. The van der Waals surface area contributed by atoms with Crippen molar-refractivity contribution in [1.29, 1.82) is 0 Å². The zero-order chi connectivity index (χ0) is 14.1. The van der Waals surface area contributed by atoms with Crippen molar-refractivity contribution in [3.05, 3.63) is 58.7 Å². The Bertz CT molecular complexity index is 431. The Hall–Kier alpha value is -1.30. The molecule has 0 heterocycles. The normalized spacial score (nSPS) is 11.5. The Morgan fingerprint density at radius 2 is 1.84 bits per heavy atom. The van der Waals surface area contributed by atoms with Gasteiger partial charge in [-0.1, -0.05) is 53.1 Å². The van der Waals surface area contributed by atoms with Gasteiger partial charge in [-0.2, -0.15) is 0 Å². The third-order valence-electron chi connectivity index (χ3n) is 3.34. The molecular formula is C19H28. The number of hydrogen-bond acceptors (Lipinski definition) is 0. The number of benzene rings is 1. The summed E-state index contributed by atoms with van der Waals surface area (Å²) in [4.78, 5) is 0. The van der Waals surface area contributed by atoms with Gasteiger partial charge in [0.2, 0.25) is 0 Å². The SMILES string of the molecule is CC(C)=CCC/C(C)=C/CCCc1cccc(C)c1. The van der Waals surface area contributed by atoms with Gasteiger partial charge in [0.1, 0.15) is 0 Å². The highest BCUT2D eigenvalue weighted by atomic mass is 14.0. The largest absolute Gasteiger partial charge is 0.0856 e. The first kappa shape index (κ1) is 15.8. The van der Waals surface area contributed by atoms with Crippen LogP contribution in [0.5, 0.6) is 0 Å². The predicted octanol–water partition coefficient (Wildman–Crippen LogP) is 6.01. The number of aryl methyl sites for hydroxylation is 2. The average molecular weight is 256 g/mol. The molecule has 0 aliphatic carbocycles. The third-order valence-corrected chi connectivity index (χ3v) is 3.34. The van der Waals surface area contributed by atoms with Crippen LogP contribution in [0, 0.1) is 6.92 Å². The van der Waals surface area contributed by atoms with Gasteiger partial charge in [0, 0.05) is 0 Å². The molecule has 0 N–H and O–H groups in total. The standard InChI is InChI=1S/C19H28/c1-16(2)9-7-11-17(3)10-5-6-13-19-14-8-12-18(4)15-19/h8-10,12,14-15H,5-7,11,13H2,1-4H3/b17-10+. The van der Waals surface area contributed by atoms with E-state index in [1.807, 2.05) is 0 Å². The Kier molecular flexibility index (Phi) is 7.25. The van der Waals surface area contributed by atoms with Gasteiger partial charge in [-0.15, -0.1) is 0 Å². The number of allylic oxidation sites excluding steroid dienone is 4. The summed E-state index contributed by atoms with van der Waals surface area (Å²) in [6.45, 7) is 8.75. The molecule has 1 aromatic carbocycles. The molecule has 0 nitrogen and oxygen atoms in total. The average Bonchev–Trinajstić information content (AvgIpc) is 2.34. The Labute approximate surface area is 119 Å². The number of unbranched alkanes of at least 4 members (excludes halogenated alkanes) is 1. The van der Waals surface area contributed by atoms with E-state index in [4.69, 9.17) is 0 Å². The molecular weight excluding hydrogens is 228 g/mol. The van der Waals surface area contributed by atoms with E-state index >= 15 is 0 Å². The van der Waals surface area contributed by atoms with Crippen LogP contribution in [0.2, 0.25) is 0 Å². The highest BCUT2D eigenvalue weighted by molar-refractivity contribution is 5.22. The fourth-order valence-corrected chi connectivity index (χ4v) is 2.21. The zero-order valence-electron chi connectivity index (χ0n) is 13.0. The molecule has 19 heavy (non-hydrogen) atoms. The molecule has 0 fully saturated rings. The fraction of sp³-hybridized carbons (Fsp3) is 0.474. The number of rotatable bonds is 7. The van der Waals surface area contributed by atoms with Crippen LogP contribution in [0.3, 0.4) is 0 Å². The first-order valence-corrected chi connectivity index (χ1v) is 7.42. The summed E-state index contributed by atoms with van der Waals surface area (Å²) >= 11 is 0. The van der Waals surface area contributed by atoms with Gasteiger partial charge in [0.25, 0.3) is 0 Å². The van der Waals surface area contributed by atoms with E-state index in [0.717, 1.165) is 0 Å².